The van der Waals surface area contributed by atoms with Crippen LogP contribution in [0.4, 0.5) is 0 Å². The Morgan fingerprint density at radius 2 is 0.235 bits per heavy atom. The molecule has 0 unspecified atom stereocenters. The number of rotatable bonds is 0. The molecule has 0 aromatic carbocycles. The second-order valence-electron chi connectivity index (χ2n) is 0. The Morgan fingerprint density at radius 1 is 0.235 bits per heavy atom. The number of halogens is 8. The first kappa shape index (κ1) is 59.9. The zero-order chi connectivity index (χ0) is 16.0. The average Bonchev–Trinajstić information content (AvgIpc) is 2.54. The predicted octanol–water partition coefficient (Wildman–Crippen LogP) is 1.06. The average molecular weight is 511 g/mol. The van der Waals surface area contributed by atoms with E-state index in [1.54, 1.807) is 0 Å². The molecule has 0 rings (SSSR count). The van der Waals surface area contributed by atoms with Gasteiger partial charge in [0.1, 0.15) is 0 Å². The minimum Gasteiger partial charge on any atom is -0.295 e. The van der Waals surface area contributed by atoms with Gasteiger partial charge in [-0.2, -0.15) is 0 Å². The fourth-order valence-corrected chi connectivity index (χ4v) is 0. The SMILES string of the molecule is OCl.OCl.OCl.OCl.OCl.OCl.OCl.OCl.[Zr]. The first-order valence-corrected chi connectivity index (χ1v) is 4.06. The molecule has 0 aliphatic carbocycles. The monoisotopic (exact) mass is 506 g/mol. The molecule has 0 atom stereocenters. The van der Waals surface area contributed by atoms with Gasteiger partial charge >= 0.3 is 0 Å². The van der Waals surface area contributed by atoms with Crippen molar-refractivity contribution >= 4 is 94.9 Å². The van der Waals surface area contributed by atoms with Crippen molar-refractivity contribution in [3.63, 3.8) is 0 Å². The first-order chi connectivity index (χ1) is 8.00. The van der Waals surface area contributed by atoms with Gasteiger partial charge in [-0.3, -0.25) is 37.3 Å². The second kappa shape index (κ2) is 726. The molecule has 17 heteroatoms. The molecule has 0 spiro atoms. The molecule has 0 aromatic heterocycles. The molecule has 0 aliphatic heterocycles. The van der Waals surface area contributed by atoms with E-state index >= 15 is 0 Å². The van der Waals surface area contributed by atoms with Gasteiger partial charge in [0.05, 0.1) is 94.9 Å². The van der Waals surface area contributed by atoms with E-state index in [0.29, 0.717) is 0 Å². The Labute approximate surface area is 157 Å². The van der Waals surface area contributed by atoms with Crippen molar-refractivity contribution in [2.75, 3.05) is 0 Å². The normalized spacial score (nSPS) is 2.82. The molecule has 17 heavy (non-hydrogen) atoms. The van der Waals surface area contributed by atoms with Gasteiger partial charge in [0.2, 0.25) is 0 Å². The maximum atomic E-state index is 6.47. The van der Waals surface area contributed by atoms with E-state index in [-0.39, 0.29) is 26.2 Å². The van der Waals surface area contributed by atoms with E-state index in [4.69, 9.17) is 37.3 Å². The first-order valence-electron chi connectivity index (χ1n) is 1.35. The Kier molecular flexibility index (Phi) is 2560. The molecule has 0 aliphatic rings. The molecule has 0 radical (unpaired) electrons. The van der Waals surface area contributed by atoms with E-state index in [0.717, 1.165) is 0 Å². The van der Waals surface area contributed by atoms with Gasteiger partial charge in [0, 0.05) is 26.2 Å². The molecule has 8 nitrogen and oxygen atoms in total. The Bertz CT molecular complexity index is 21.5. The van der Waals surface area contributed by atoms with Crippen LogP contribution in [0.25, 0.3) is 0 Å². The van der Waals surface area contributed by atoms with Crippen molar-refractivity contribution in [3.8, 4) is 0 Å². The van der Waals surface area contributed by atoms with Crippen molar-refractivity contribution in [1.82, 2.24) is 0 Å². The maximum Gasteiger partial charge on any atom is 0.0579 e. The van der Waals surface area contributed by atoms with E-state index < -0.39 is 0 Å². The van der Waals surface area contributed by atoms with E-state index in [9.17, 15) is 0 Å². The van der Waals surface area contributed by atoms with E-state index in [2.05, 4.69) is 94.9 Å². The molecule has 0 fully saturated rings. The molecule has 0 saturated heterocycles. The van der Waals surface area contributed by atoms with E-state index in [1.165, 1.54) is 0 Å². The molecular weight excluding hydrogens is 503 g/mol. The van der Waals surface area contributed by atoms with Crippen molar-refractivity contribution in [2.24, 2.45) is 0 Å². The van der Waals surface area contributed by atoms with Gasteiger partial charge in [0.25, 0.3) is 0 Å². The molecule has 0 saturated carbocycles. The fraction of sp³-hybridized carbons (Fsp3) is 0. The largest absolute Gasteiger partial charge is 0.295 e. The third kappa shape index (κ3) is 648. The van der Waals surface area contributed by atoms with Crippen molar-refractivity contribution in [3.05, 3.63) is 0 Å². The van der Waals surface area contributed by atoms with Crippen LogP contribution >= 0.6 is 94.9 Å². The van der Waals surface area contributed by atoms with Gasteiger partial charge in [-0.25, -0.2) is 0 Å². The molecule has 0 heterocycles. The van der Waals surface area contributed by atoms with Crippen LogP contribution in [-0.2, 0) is 26.2 Å². The van der Waals surface area contributed by atoms with Gasteiger partial charge in [0.15, 0.2) is 0 Å². The Morgan fingerprint density at radius 3 is 0.235 bits per heavy atom. The maximum absolute atomic E-state index is 6.47. The third-order valence-corrected chi connectivity index (χ3v) is 0. The van der Waals surface area contributed by atoms with Crippen LogP contribution in [0.2, 0.25) is 0 Å². The smallest absolute Gasteiger partial charge is 0.0579 e. The van der Waals surface area contributed by atoms with Crippen molar-refractivity contribution in [2.45, 2.75) is 0 Å². The van der Waals surface area contributed by atoms with Crippen LogP contribution in [0.5, 0.6) is 0 Å². The summed E-state index contributed by atoms with van der Waals surface area (Å²) in [7, 11) is 0. The Balaban J connectivity index is -0.00000000610. The van der Waals surface area contributed by atoms with Gasteiger partial charge < -0.3 is 0 Å². The van der Waals surface area contributed by atoms with Gasteiger partial charge in [-0.1, -0.05) is 0 Å². The minimum absolute atomic E-state index is 0. The summed E-state index contributed by atoms with van der Waals surface area (Å²) in [6.07, 6.45) is 0. The summed E-state index contributed by atoms with van der Waals surface area (Å²) >= 11 is 29.1. The summed E-state index contributed by atoms with van der Waals surface area (Å²) in [5, 5.41) is 0. The Hall–Kier alpha value is 2.88. The summed E-state index contributed by atoms with van der Waals surface area (Å²) in [5.74, 6) is 0. The number of hydrogen-bond donors (Lipinski definition) is 8. The summed E-state index contributed by atoms with van der Waals surface area (Å²) < 4.78 is 51.8. The van der Waals surface area contributed by atoms with Crippen LogP contribution in [0.15, 0.2) is 0 Å². The van der Waals surface area contributed by atoms with Crippen LogP contribution in [0.1, 0.15) is 0 Å². The zero-order valence-electron chi connectivity index (χ0n) is 7.10. The third-order valence-electron chi connectivity index (χ3n) is 0. The summed E-state index contributed by atoms with van der Waals surface area (Å²) in [4.78, 5) is 0. The molecule has 0 aromatic rings. The van der Waals surface area contributed by atoms with Crippen LogP contribution < -0.4 is 0 Å². The van der Waals surface area contributed by atoms with Crippen LogP contribution in [0, 0.1) is 0 Å². The van der Waals surface area contributed by atoms with Gasteiger partial charge in [-0.15, -0.1) is 0 Å². The van der Waals surface area contributed by atoms with Crippen molar-refractivity contribution < 1.29 is 63.5 Å². The molecule has 116 valence electrons. The van der Waals surface area contributed by atoms with Crippen LogP contribution in [0.3, 0.4) is 0 Å². The topological polar surface area (TPSA) is 162 Å². The summed E-state index contributed by atoms with van der Waals surface area (Å²) in [6.45, 7) is 0. The van der Waals surface area contributed by atoms with Crippen LogP contribution in [-0.4, -0.2) is 37.3 Å². The molecule has 8 N–H and O–H groups in total. The quantitative estimate of drug-likeness (QED) is 0.240. The zero-order valence-corrected chi connectivity index (χ0v) is 15.6. The van der Waals surface area contributed by atoms with Crippen molar-refractivity contribution in [1.29, 1.82) is 0 Å². The second-order valence-corrected chi connectivity index (χ2v) is 0. The minimum atomic E-state index is 0. The fourth-order valence-electron chi connectivity index (χ4n) is 0. The predicted molar refractivity (Wildman–Crippen MR) is 64.6 cm³/mol. The van der Waals surface area contributed by atoms with E-state index in [1.807, 2.05) is 0 Å². The molecule has 0 bridgehead atoms. The number of hydrogen-bond acceptors (Lipinski definition) is 8. The molecule has 0 amide bonds. The summed E-state index contributed by atoms with van der Waals surface area (Å²) in [6, 6.07) is 0. The molecular formula is H8Cl8O8Zr. The standard InChI is InChI=1S/8ClHO.Zr/c8*1-2;/h8*2H;. The summed E-state index contributed by atoms with van der Waals surface area (Å²) in [5.41, 5.74) is 0. The van der Waals surface area contributed by atoms with Gasteiger partial charge in [-0.05, 0) is 0 Å².